The Bertz CT molecular complexity index is 952. The van der Waals surface area contributed by atoms with E-state index in [-0.39, 0.29) is 11.4 Å². The maximum Gasteiger partial charge on any atom is 0.269 e. The van der Waals surface area contributed by atoms with E-state index in [9.17, 15) is 20.2 Å². The van der Waals surface area contributed by atoms with Gasteiger partial charge in [0.15, 0.2) is 0 Å². The monoisotopic (exact) mass is 436 g/mol. The van der Waals surface area contributed by atoms with E-state index in [0.717, 1.165) is 51.4 Å². The van der Waals surface area contributed by atoms with E-state index < -0.39 is 20.9 Å². The fraction of sp³-hybridized carbons (Fsp3) is 0.455. The second-order valence-corrected chi connectivity index (χ2v) is 8.42. The van der Waals surface area contributed by atoms with Gasteiger partial charge in [-0.25, -0.2) is 0 Å². The van der Waals surface area contributed by atoms with Crippen LogP contribution in [0.2, 0.25) is 0 Å². The van der Waals surface area contributed by atoms with Crippen LogP contribution in [0.1, 0.15) is 51.4 Å². The number of nitrogens with zero attached hydrogens (tertiary/aromatic N) is 6. The molecule has 0 bridgehead atoms. The summed E-state index contributed by atoms with van der Waals surface area (Å²) in [6, 6.07) is 12.1. The lowest BCUT2D eigenvalue weighted by molar-refractivity contribution is -0.385. The van der Waals surface area contributed by atoms with Crippen molar-refractivity contribution in [3.63, 3.8) is 0 Å². The quantitative estimate of drug-likeness (QED) is 0.273. The van der Waals surface area contributed by atoms with E-state index >= 15 is 0 Å². The number of nitro groups is 2. The minimum Gasteiger partial charge on any atom is -0.258 e. The molecule has 0 saturated heterocycles. The minimum absolute atomic E-state index is 0.0173. The molecule has 4 rings (SSSR count). The van der Waals surface area contributed by atoms with E-state index in [1.807, 2.05) is 0 Å². The summed E-state index contributed by atoms with van der Waals surface area (Å²) in [5, 5.41) is 40.3. The molecular weight excluding hydrogens is 412 g/mol. The van der Waals surface area contributed by atoms with Crippen LogP contribution < -0.4 is 0 Å². The maximum atomic E-state index is 10.9. The van der Waals surface area contributed by atoms with Crippen molar-refractivity contribution >= 4 is 22.7 Å². The number of benzene rings is 2. The highest BCUT2D eigenvalue weighted by atomic mass is 16.6. The summed E-state index contributed by atoms with van der Waals surface area (Å²) in [6.45, 7) is 0. The molecule has 0 spiro atoms. The first-order valence-corrected chi connectivity index (χ1v) is 10.8. The molecular formula is C22H24N6O4. The molecule has 2 aliphatic rings. The molecule has 2 aromatic carbocycles. The third kappa shape index (κ3) is 4.25. The Morgan fingerprint density at radius 3 is 1.19 bits per heavy atom. The van der Waals surface area contributed by atoms with Crippen LogP contribution in [-0.2, 0) is 0 Å². The molecule has 32 heavy (non-hydrogen) atoms. The smallest absolute Gasteiger partial charge is 0.258 e. The van der Waals surface area contributed by atoms with Gasteiger partial charge in [-0.3, -0.25) is 20.2 Å². The molecule has 0 atom stereocenters. The van der Waals surface area contributed by atoms with Gasteiger partial charge in [-0.2, -0.15) is 20.5 Å². The number of rotatable bonds is 6. The second kappa shape index (κ2) is 8.89. The van der Waals surface area contributed by atoms with Crippen LogP contribution in [0, 0.1) is 20.2 Å². The summed E-state index contributed by atoms with van der Waals surface area (Å²) >= 11 is 0. The summed E-state index contributed by atoms with van der Waals surface area (Å²) in [7, 11) is 0. The largest absolute Gasteiger partial charge is 0.269 e. The summed E-state index contributed by atoms with van der Waals surface area (Å²) in [4.78, 5) is 20.9. The lowest BCUT2D eigenvalue weighted by Gasteiger charge is -2.50. The van der Waals surface area contributed by atoms with Gasteiger partial charge in [0.25, 0.3) is 11.4 Å². The molecule has 2 aromatic rings. The van der Waals surface area contributed by atoms with Crippen molar-refractivity contribution < 1.29 is 9.85 Å². The molecule has 0 aromatic heterocycles. The highest BCUT2D eigenvalue weighted by molar-refractivity contribution is 5.44. The van der Waals surface area contributed by atoms with E-state index in [4.69, 9.17) is 10.2 Å². The predicted molar refractivity (Wildman–Crippen MR) is 118 cm³/mol. The number of azo groups is 2. The average molecular weight is 436 g/mol. The lowest BCUT2D eigenvalue weighted by atomic mass is 9.60. The number of nitro benzene ring substituents is 2. The molecule has 0 aliphatic heterocycles. The van der Waals surface area contributed by atoms with E-state index in [1.165, 1.54) is 24.3 Å². The third-order valence-electron chi connectivity index (χ3n) is 6.56. The topological polar surface area (TPSA) is 136 Å². The van der Waals surface area contributed by atoms with Crippen LogP contribution in [0.15, 0.2) is 69.0 Å². The van der Waals surface area contributed by atoms with Crippen molar-refractivity contribution in [2.45, 2.75) is 62.4 Å². The Morgan fingerprint density at radius 2 is 0.906 bits per heavy atom. The summed E-state index contributed by atoms with van der Waals surface area (Å²) in [5.74, 6) is 0. The molecule has 0 N–H and O–H groups in total. The molecule has 2 aliphatic carbocycles. The molecule has 0 unspecified atom stereocenters. The molecule has 0 heterocycles. The molecule has 2 saturated carbocycles. The van der Waals surface area contributed by atoms with Gasteiger partial charge in [0.2, 0.25) is 0 Å². The van der Waals surface area contributed by atoms with Crippen LogP contribution in [0.4, 0.5) is 22.7 Å². The number of hydrogen-bond acceptors (Lipinski definition) is 8. The first kappa shape index (κ1) is 21.7. The van der Waals surface area contributed by atoms with Crippen LogP contribution in [0.5, 0.6) is 0 Å². The minimum atomic E-state index is -0.463. The van der Waals surface area contributed by atoms with Gasteiger partial charge in [0, 0.05) is 24.3 Å². The standard InChI is InChI=1S/C22H24N6O4/c29-27(30)19-9-5-17(6-10-19)23-25-21-13-1-2-14-22(21,16-4-3-15-21)26-24-18-7-11-20(12-8-18)28(31)32/h5-12H,1-4,13-16H2. The Morgan fingerprint density at radius 1 is 0.594 bits per heavy atom. The van der Waals surface area contributed by atoms with Crippen molar-refractivity contribution in [2.75, 3.05) is 0 Å². The van der Waals surface area contributed by atoms with Crippen LogP contribution in [0.3, 0.4) is 0 Å². The fourth-order valence-electron chi connectivity index (χ4n) is 4.83. The van der Waals surface area contributed by atoms with Crippen molar-refractivity contribution in [3.8, 4) is 0 Å². The molecule has 0 amide bonds. The number of fused-ring (bicyclic) bond motifs is 1. The lowest BCUT2D eigenvalue weighted by Crippen LogP contribution is -2.55. The first-order chi connectivity index (χ1) is 15.4. The summed E-state index contributed by atoms with van der Waals surface area (Å²) < 4.78 is 0. The third-order valence-corrected chi connectivity index (χ3v) is 6.56. The summed E-state index contributed by atoms with van der Waals surface area (Å²) in [5.41, 5.74) is 0.252. The van der Waals surface area contributed by atoms with Gasteiger partial charge in [-0.15, -0.1) is 0 Å². The number of hydrogen-bond donors (Lipinski definition) is 0. The second-order valence-electron chi connectivity index (χ2n) is 8.42. The van der Waals surface area contributed by atoms with Crippen LogP contribution in [-0.4, -0.2) is 20.9 Å². The molecule has 166 valence electrons. The zero-order chi connectivity index (χ0) is 22.6. The fourth-order valence-corrected chi connectivity index (χ4v) is 4.83. The van der Waals surface area contributed by atoms with Crippen LogP contribution >= 0.6 is 0 Å². The zero-order valence-electron chi connectivity index (χ0n) is 17.6. The van der Waals surface area contributed by atoms with E-state index in [0.29, 0.717) is 11.4 Å². The normalized spacial score (nSPS) is 25.6. The Hall–Kier alpha value is -3.56. The molecule has 0 radical (unpaired) electrons. The van der Waals surface area contributed by atoms with Gasteiger partial charge in [-0.05, 0) is 49.9 Å². The average Bonchev–Trinajstić information content (AvgIpc) is 2.82. The molecule has 10 heteroatoms. The number of non-ortho nitro benzene ring substituents is 2. The van der Waals surface area contributed by atoms with Gasteiger partial charge < -0.3 is 0 Å². The van der Waals surface area contributed by atoms with Crippen molar-refractivity contribution in [2.24, 2.45) is 20.5 Å². The first-order valence-electron chi connectivity index (χ1n) is 10.8. The van der Waals surface area contributed by atoms with Crippen molar-refractivity contribution in [1.29, 1.82) is 0 Å². The Balaban J connectivity index is 1.63. The van der Waals surface area contributed by atoms with E-state index in [2.05, 4.69) is 10.2 Å². The van der Waals surface area contributed by atoms with E-state index in [1.54, 1.807) is 24.3 Å². The Kier molecular flexibility index (Phi) is 6.02. The highest BCUT2D eigenvalue weighted by Crippen LogP contribution is 2.52. The Labute approximate surface area is 184 Å². The zero-order valence-corrected chi connectivity index (χ0v) is 17.6. The van der Waals surface area contributed by atoms with Gasteiger partial charge in [0.1, 0.15) is 11.1 Å². The molecule has 10 nitrogen and oxygen atoms in total. The molecule has 2 fully saturated rings. The highest BCUT2D eigenvalue weighted by Gasteiger charge is 2.55. The SMILES string of the molecule is O=[N+]([O-])c1ccc(N=NC23CCCCC2(N=Nc2ccc([N+](=O)[O-])cc2)CCCC3)cc1. The maximum absolute atomic E-state index is 10.9. The van der Waals surface area contributed by atoms with Gasteiger partial charge in [-0.1, -0.05) is 25.7 Å². The van der Waals surface area contributed by atoms with Gasteiger partial charge >= 0.3 is 0 Å². The van der Waals surface area contributed by atoms with Crippen molar-refractivity contribution in [1.82, 2.24) is 0 Å². The summed E-state index contributed by atoms with van der Waals surface area (Å²) in [6.07, 6.45) is 7.60. The van der Waals surface area contributed by atoms with Gasteiger partial charge in [0.05, 0.1) is 21.2 Å². The van der Waals surface area contributed by atoms with Crippen molar-refractivity contribution in [3.05, 3.63) is 68.8 Å². The van der Waals surface area contributed by atoms with Crippen LogP contribution in [0.25, 0.3) is 0 Å². The predicted octanol–water partition coefficient (Wildman–Crippen LogP) is 7.00.